The Hall–Kier alpha value is -9.03. The molecule has 33 nitrogen and oxygen atoms in total. The van der Waals surface area contributed by atoms with Crippen molar-refractivity contribution in [3.8, 4) is 0 Å². The van der Waals surface area contributed by atoms with Crippen LogP contribution in [-0.2, 0) is 65.6 Å². The van der Waals surface area contributed by atoms with Crippen molar-refractivity contribution in [2.75, 3.05) is 214 Å². The van der Waals surface area contributed by atoms with Crippen LogP contribution >= 0.6 is 0 Å². The first kappa shape index (κ1) is 112. The fourth-order valence-corrected chi connectivity index (χ4v) is 22.3. The predicted octanol–water partition coefficient (Wildman–Crippen LogP) is 13.5. The van der Waals surface area contributed by atoms with Crippen LogP contribution in [0.15, 0.2) is 98.4 Å². The summed E-state index contributed by atoms with van der Waals surface area (Å²) in [4.78, 5) is 39.7. The molecule has 0 radical (unpaired) electrons. The number of anilines is 1. The van der Waals surface area contributed by atoms with Gasteiger partial charge in [0.1, 0.15) is 18.2 Å². The van der Waals surface area contributed by atoms with Crippen LogP contribution in [0.25, 0.3) is 0 Å². The monoisotopic (exact) mass is 1950 g/mol. The Balaban J connectivity index is 0.000000150. The lowest BCUT2D eigenvalue weighted by molar-refractivity contribution is -0.727. The number of hydrogen-bond acceptors (Lipinski definition) is 21. The van der Waals surface area contributed by atoms with Crippen molar-refractivity contribution in [1.82, 2.24) is 148 Å². The van der Waals surface area contributed by atoms with Gasteiger partial charge in [-0.25, -0.2) is 4.98 Å². The summed E-state index contributed by atoms with van der Waals surface area (Å²) in [6.45, 7) is 40.6. The summed E-state index contributed by atoms with van der Waals surface area (Å²) in [6.07, 6.45) is 46.8. The van der Waals surface area contributed by atoms with Gasteiger partial charge in [-0.05, 0) is 411 Å². The van der Waals surface area contributed by atoms with Gasteiger partial charge in [-0.2, -0.15) is 45.9 Å². The zero-order valence-corrected chi connectivity index (χ0v) is 91.1. The van der Waals surface area contributed by atoms with E-state index in [-0.39, 0.29) is 5.91 Å². The van der Waals surface area contributed by atoms with Crippen molar-refractivity contribution < 1.29 is 9.48 Å². The molecule has 0 bridgehead atoms. The number of aromatic amines is 3. The molecule has 10 aromatic heterocycles. The minimum Gasteiger partial charge on any atom is -0.382 e. The zero-order valence-electron chi connectivity index (χ0n) is 91.1. The largest absolute Gasteiger partial charge is 0.382 e. The number of hydrogen-bond donors (Lipinski definition) is 5. The van der Waals surface area contributed by atoms with E-state index < -0.39 is 0 Å². The van der Waals surface area contributed by atoms with Crippen LogP contribution in [0.2, 0.25) is 0 Å². The van der Waals surface area contributed by atoms with Gasteiger partial charge in [0.25, 0.3) is 0 Å². The Morgan fingerprint density at radius 1 is 0.390 bits per heavy atom. The summed E-state index contributed by atoms with van der Waals surface area (Å²) in [5, 5.41) is 46.1. The molecule has 0 unspecified atom stereocenters. The van der Waals surface area contributed by atoms with Crippen LogP contribution in [0, 0.1) is 13.8 Å². The SMILES string of the molecule is CCCn1nccc1C1CCN(C)CC1.CCc1cnn(C)c1C1CCN(C)CC1.CCn1ncc(C)c1C1CCN(C)CC1.CCn1nccc1C1CCN(C)CC1.CN1CCC(c2cc(N)n[nH]2)CC1.CN1CCC(c2cc[n+](C)[nH]2)CC1.CN1CCC(c2ccn[nH]2)CC1.CN1CCC(c2ccnn2C)CC1.CNC(=O)Cn1ccnc1C1CCN(C)CC1.Cc1cnn(C)c1C1CCN(C)CC1. The number of aryl methyl sites for hydroxylation is 10. The number of carbonyl (C=O) groups excluding carboxylic acids is 1. The first-order chi connectivity index (χ1) is 68.1. The third-order valence-corrected chi connectivity index (χ3v) is 31.6. The molecule has 0 saturated carbocycles. The highest BCUT2D eigenvalue weighted by Crippen LogP contribution is 2.37. The van der Waals surface area contributed by atoms with E-state index in [1.165, 1.54) is 308 Å². The van der Waals surface area contributed by atoms with Crippen molar-refractivity contribution in [3.05, 3.63) is 172 Å². The number of H-pyrrole nitrogens is 3. The number of nitrogens with zero attached hydrogens (tertiary/aromatic N) is 27. The van der Waals surface area contributed by atoms with Gasteiger partial charge in [-0.3, -0.25) is 43.1 Å². The van der Waals surface area contributed by atoms with E-state index in [9.17, 15) is 4.79 Å². The normalized spacial score (nSPS) is 20.0. The zero-order chi connectivity index (χ0) is 101. The summed E-state index contributed by atoms with van der Waals surface area (Å²) < 4.78 is 16.6. The summed E-state index contributed by atoms with van der Waals surface area (Å²) in [7, 11) is 31.8. The number of nitrogen functional groups attached to an aromatic ring is 1. The molecule has 10 saturated heterocycles. The summed E-state index contributed by atoms with van der Waals surface area (Å²) in [5.74, 6) is 8.62. The van der Waals surface area contributed by atoms with Crippen LogP contribution < -0.4 is 15.7 Å². The number of rotatable bonds is 17. The van der Waals surface area contributed by atoms with Gasteiger partial charge in [-0.15, -0.1) is 4.68 Å². The van der Waals surface area contributed by atoms with E-state index in [4.69, 9.17) is 5.73 Å². The Bertz CT molecular complexity index is 4870. The number of likely N-dealkylation sites (tertiary alicyclic amines) is 10. The van der Waals surface area contributed by atoms with Gasteiger partial charge in [0.05, 0.1) is 24.3 Å². The molecule has 20 heterocycles. The Kier molecular flexibility index (Phi) is 46.4. The van der Waals surface area contributed by atoms with Crippen LogP contribution in [0.5, 0.6) is 0 Å². The molecule has 33 heteroatoms. The molecule has 0 aromatic carbocycles. The van der Waals surface area contributed by atoms with E-state index in [1.54, 1.807) is 13.2 Å². The van der Waals surface area contributed by atoms with Gasteiger partial charge >= 0.3 is 0 Å². The van der Waals surface area contributed by atoms with Gasteiger partial charge < -0.3 is 64.6 Å². The third kappa shape index (κ3) is 34.9. The standard InChI is InChI=1S/C12H20N4O.3C12H21N3.2C11H19N3.2C10H17N3.C9H16N4.C9H15N3/c1-13-11(17)9-16-8-5-14-12(16)10-3-6-15(2)7-4-10;1-4-10-9-13-15(3)12(10)11-5-7-14(2)8-6-11;1-4-15-12(10(2)9-13-15)11-5-7-14(3)8-6-11;1-3-8-15-12(4-7-13-15)11-5-9-14(2)10-6-11;1-9-8-12-14(3)11(9)10-4-6-13(2)7-5-10;1-3-14-11(4-7-12-14)10-5-8-13(2)9-6-10;1-12-7-4-9(5-8-12)10-3-6-11-13(10)2;1-12-6-3-9(4-7-12)10-5-8-13(2)11-10;1-13-4-2-7(3-5-13)8-6-9(10)12-11-8;1-12-6-3-8(4-7-12)9-2-5-10-11-9/h5,8,10H,3-4,6-7,9H2,1-2H3,(H,13,17);2*9,11H,4-8H2,1-3H3;4,7,11H,3,5-6,8-10H2,1-2H3;8,10H,4-7H2,1-3H3;4,7,10H,3,5-6,8-9H2,1-2H3;3,6,9H,4-5,7-8H2,1-2H3;5,8-9H,3-4,6-7H2,1-2H3;6-7H,2-5H2,1H3,(H3,10,11,12);2,5,8H,3-4,6-7H2,1H3,(H,10,11)/p+1. The molecule has 0 atom stereocenters. The number of imidazole rings is 1. The predicted molar refractivity (Wildman–Crippen MR) is 571 cm³/mol. The number of piperidine rings is 10. The molecule has 20 rings (SSSR count). The lowest BCUT2D eigenvalue weighted by Gasteiger charge is -2.29. The number of likely N-dealkylation sites (N-methyl/N-ethyl adjacent to an activating group) is 1. The second kappa shape index (κ2) is 58.2. The van der Waals surface area contributed by atoms with Crippen molar-refractivity contribution in [2.24, 2.45) is 28.2 Å². The quantitative estimate of drug-likeness (QED) is 0.0529. The maximum absolute atomic E-state index is 11.4. The van der Waals surface area contributed by atoms with E-state index in [1.807, 2.05) is 88.3 Å². The number of nitrogens with two attached hydrogens (primary N) is 1. The molecular weight excluding hydrogens is 1760 g/mol. The average molecular weight is 1950 g/mol. The minimum atomic E-state index is 0.0252. The molecule has 10 aliphatic heterocycles. The van der Waals surface area contributed by atoms with Gasteiger partial charge in [0, 0.05) is 202 Å². The smallest absolute Gasteiger partial charge is 0.239 e. The van der Waals surface area contributed by atoms with Crippen molar-refractivity contribution in [1.29, 1.82) is 0 Å². The maximum Gasteiger partial charge on any atom is 0.239 e. The lowest BCUT2D eigenvalue weighted by Crippen LogP contribution is -2.32. The van der Waals surface area contributed by atoms with E-state index in [0.29, 0.717) is 30.1 Å². The highest BCUT2D eigenvalue weighted by Gasteiger charge is 2.31. The van der Waals surface area contributed by atoms with Crippen molar-refractivity contribution >= 4 is 11.7 Å². The second-order valence-corrected chi connectivity index (χ2v) is 42.4. The molecule has 141 heavy (non-hydrogen) atoms. The molecule has 0 aliphatic carbocycles. The molecule has 6 N–H and O–H groups in total. The second-order valence-electron chi connectivity index (χ2n) is 42.4. The van der Waals surface area contributed by atoms with Crippen molar-refractivity contribution in [2.45, 2.75) is 268 Å². The third-order valence-electron chi connectivity index (χ3n) is 31.6. The molecule has 10 aromatic rings. The van der Waals surface area contributed by atoms with Crippen LogP contribution in [0.1, 0.15) is 295 Å². The first-order valence-corrected chi connectivity index (χ1v) is 54.0. The lowest BCUT2D eigenvalue weighted by atomic mass is 9.91. The first-order valence-electron chi connectivity index (χ1n) is 54.0. The fourth-order valence-electron chi connectivity index (χ4n) is 22.3. The molecule has 10 aliphatic rings. The Morgan fingerprint density at radius 2 is 0.773 bits per heavy atom. The van der Waals surface area contributed by atoms with Gasteiger partial charge in [0.15, 0.2) is 13.2 Å². The minimum absolute atomic E-state index is 0.0252. The topological polar surface area (TPSA) is 289 Å². The van der Waals surface area contributed by atoms with E-state index in [2.05, 4.69) is 297 Å². The summed E-state index contributed by atoms with van der Waals surface area (Å²) in [6, 6.07) is 12.8. The number of amides is 1. The molecule has 1 amide bonds. The average Bonchev–Trinajstić information content (AvgIpc) is 1.69. The molecule has 0 spiro atoms. The van der Waals surface area contributed by atoms with Crippen LogP contribution in [-0.4, -0.2) is 357 Å². The molecule has 10 fully saturated rings. The summed E-state index contributed by atoms with van der Waals surface area (Å²) in [5.41, 5.74) is 22.3. The number of aromatic nitrogens is 20. The highest BCUT2D eigenvalue weighted by atomic mass is 16.1. The van der Waals surface area contributed by atoms with Gasteiger partial charge in [0.2, 0.25) is 5.91 Å². The Labute approximate surface area is 847 Å². The van der Waals surface area contributed by atoms with Crippen molar-refractivity contribution in [3.63, 3.8) is 0 Å². The summed E-state index contributed by atoms with van der Waals surface area (Å²) >= 11 is 0. The fraction of sp³-hybridized carbons (Fsp3) is 0.713. The Morgan fingerprint density at radius 3 is 1.17 bits per heavy atom. The van der Waals surface area contributed by atoms with Crippen LogP contribution in [0.4, 0.5) is 5.82 Å². The van der Waals surface area contributed by atoms with Crippen LogP contribution in [0.3, 0.4) is 0 Å². The molecular formula is C108H187N32O+. The molecule has 784 valence electrons. The number of nitrogens with one attached hydrogen (secondary N) is 4. The van der Waals surface area contributed by atoms with Gasteiger partial charge in [-0.1, -0.05) is 13.8 Å². The van der Waals surface area contributed by atoms with E-state index in [0.717, 1.165) is 99.2 Å². The highest BCUT2D eigenvalue weighted by molar-refractivity contribution is 5.75. The number of carbonyl (C=O) groups is 1. The maximum atomic E-state index is 11.4. The van der Waals surface area contributed by atoms with E-state index >= 15 is 0 Å².